The minimum Gasteiger partial charge on any atom is -0.481 e. The van der Waals surface area contributed by atoms with Crippen molar-refractivity contribution in [3.63, 3.8) is 0 Å². The van der Waals surface area contributed by atoms with Gasteiger partial charge in [0.1, 0.15) is 29.4 Å². The van der Waals surface area contributed by atoms with Crippen molar-refractivity contribution in [3.8, 4) is 17.0 Å². The number of primary amides is 1. The molecule has 0 bridgehead atoms. The Morgan fingerprint density at radius 1 is 1.06 bits per heavy atom. The maximum atomic E-state index is 16.0. The minimum absolute atomic E-state index is 0.147. The molecule has 1 aromatic carbocycles. The molecule has 2 saturated carbocycles. The van der Waals surface area contributed by atoms with Gasteiger partial charge >= 0.3 is 12.4 Å². The molecule has 4 aliphatic rings. The summed E-state index contributed by atoms with van der Waals surface area (Å²) in [6, 6.07) is 4.60. The summed E-state index contributed by atoms with van der Waals surface area (Å²) in [5.74, 6) is -2.32. The number of amidine groups is 1. The van der Waals surface area contributed by atoms with Gasteiger partial charge in [0.15, 0.2) is 5.69 Å². The zero-order valence-electron chi connectivity index (χ0n) is 26.7. The van der Waals surface area contributed by atoms with E-state index >= 15 is 4.39 Å². The van der Waals surface area contributed by atoms with E-state index in [2.05, 4.69) is 15.4 Å². The van der Waals surface area contributed by atoms with Crippen LogP contribution in [0.4, 0.5) is 36.4 Å². The van der Waals surface area contributed by atoms with E-state index in [4.69, 9.17) is 15.5 Å². The number of aromatic nitrogens is 3. The van der Waals surface area contributed by atoms with E-state index in [1.165, 1.54) is 12.1 Å². The second-order valence-corrected chi connectivity index (χ2v) is 13.3. The van der Waals surface area contributed by atoms with Gasteiger partial charge in [0, 0.05) is 35.8 Å². The highest BCUT2D eigenvalue weighted by Gasteiger charge is 2.48. The number of benzene rings is 1. The largest absolute Gasteiger partial charge is 0.481 e. The monoisotopic (exact) mass is 707 g/mol. The number of rotatable bonds is 9. The Balaban J connectivity index is 1.23. The van der Waals surface area contributed by atoms with Gasteiger partial charge in [-0.2, -0.15) is 31.4 Å². The second kappa shape index (κ2) is 12.0. The number of carbonyl (C=O) groups is 2. The zero-order valence-corrected chi connectivity index (χ0v) is 26.7. The number of nitrogens with one attached hydrogen (secondary N) is 1. The summed E-state index contributed by atoms with van der Waals surface area (Å²) < 4.78 is 105. The van der Waals surface area contributed by atoms with Crippen molar-refractivity contribution in [1.82, 2.24) is 20.1 Å². The topological polar surface area (TPSA) is 128 Å². The van der Waals surface area contributed by atoms with Crippen LogP contribution in [-0.2, 0) is 34.9 Å². The number of halogens is 7. The van der Waals surface area contributed by atoms with E-state index in [1.54, 1.807) is 4.90 Å². The number of ether oxygens (including phenoxy) is 1. The quantitative estimate of drug-likeness (QED) is 0.289. The fourth-order valence-electron chi connectivity index (χ4n) is 6.83. The molecule has 3 fully saturated rings. The highest BCUT2D eigenvalue weighted by molar-refractivity contribution is 6.16. The molecule has 3 N–H and O–H groups in total. The predicted octanol–water partition coefficient (Wildman–Crippen LogP) is 5.36. The second-order valence-electron chi connectivity index (χ2n) is 13.3. The third kappa shape index (κ3) is 6.25. The summed E-state index contributed by atoms with van der Waals surface area (Å²) in [7, 11) is 1.11. The molecule has 2 aromatic heterocycles. The number of methoxy groups -OCH3 is 1. The van der Waals surface area contributed by atoms with Crippen LogP contribution in [0.15, 0.2) is 29.3 Å². The van der Waals surface area contributed by atoms with Crippen molar-refractivity contribution in [3.05, 3.63) is 58.3 Å². The first-order valence-corrected chi connectivity index (χ1v) is 16.2. The van der Waals surface area contributed by atoms with E-state index in [-0.39, 0.29) is 54.9 Å². The van der Waals surface area contributed by atoms with Crippen molar-refractivity contribution < 1.29 is 45.1 Å². The average molecular weight is 708 g/mol. The van der Waals surface area contributed by atoms with Crippen molar-refractivity contribution in [2.45, 2.75) is 75.3 Å². The first-order valence-electron chi connectivity index (χ1n) is 16.2. The number of piperidine rings is 1. The van der Waals surface area contributed by atoms with Gasteiger partial charge in [-0.3, -0.25) is 14.6 Å². The van der Waals surface area contributed by atoms with Crippen LogP contribution in [0, 0.1) is 11.7 Å². The lowest BCUT2D eigenvalue weighted by atomic mass is 9.87. The number of alkyl halides is 6. The zero-order chi connectivity index (χ0) is 35.7. The van der Waals surface area contributed by atoms with Crippen molar-refractivity contribution in [2.24, 2.45) is 16.6 Å². The summed E-state index contributed by atoms with van der Waals surface area (Å²) in [6.07, 6.45) is -5.84. The third-order valence-corrected chi connectivity index (χ3v) is 9.67. The maximum absolute atomic E-state index is 16.0. The number of aliphatic imine (C=N–C) groups is 1. The molecule has 2 aliphatic heterocycles. The Kier molecular flexibility index (Phi) is 8.09. The molecule has 0 atom stereocenters. The van der Waals surface area contributed by atoms with E-state index in [1.807, 2.05) is 0 Å². The van der Waals surface area contributed by atoms with Gasteiger partial charge in [-0.1, -0.05) is 0 Å². The van der Waals surface area contributed by atoms with Crippen LogP contribution in [-0.4, -0.2) is 58.2 Å². The lowest BCUT2D eigenvalue weighted by Crippen LogP contribution is -2.49. The molecular weight excluding hydrogens is 675 g/mol. The molecule has 4 heterocycles. The number of pyridine rings is 1. The maximum Gasteiger partial charge on any atom is 0.435 e. The first kappa shape index (κ1) is 33.8. The van der Waals surface area contributed by atoms with Crippen LogP contribution in [0.25, 0.3) is 11.1 Å². The lowest BCUT2D eigenvalue weighted by Gasteiger charge is -2.38. The smallest absolute Gasteiger partial charge is 0.435 e. The van der Waals surface area contributed by atoms with E-state index in [0.717, 1.165) is 32.1 Å². The van der Waals surface area contributed by atoms with Crippen molar-refractivity contribution >= 4 is 23.3 Å². The van der Waals surface area contributed by atoms with E-state index in [9.17, 15) is 35.9 Å². The fraction of sp³-hybridized carbons (Fsp3) is 0.485. The lowest BCUT2D eigenvalue weighted by molar-refractivity contribution is -0.142. The van der Waals surface area contributed by atoms with Gasteiger partial charge in [-0.15, -0.1) is 0 Å². The normalized spacial score (nSPS) is 19.2. The molecular formula is C33H32F7N7O3. The van der Waals surface area contributed by atoms with E-state index < -0.39 is 64.9 Å². The Hall–Kier alpha value is -4.70. The molecule has 7 rings (SSSR count). The SMILES string of the molecule is COc1c(-c2cc(F)c(CC3CC3)c(N3CCC4(CC3)N=C(c3ccc(C(F)(F)F)nc3C3CC3)NC4=O)c2)c(C(F)(F)F)nn1CC(N)=O. The first-order chi connectivity index (χ1) is 23.6. The minimum atomic E-state index is -4.99. The fourth-order valence-corrected chi connectivity index (χ4v) is 6.83. The molecule has 266 valence electrons. The number of carbonyl (C=O) groups excluding carboxylic acids is 2. The summed E-state index contributed by atoms with van der Waals surface area (Å²) in [4.78, 5) is 35.4. The number of nitrogens with zero attached hydrogens (tertiary/aromatic N) is 5. The highest BCUT2D eigenvalue weighted by atomic mass is 19.4. The molecule has 2 amide bonds. The van der Waals surface area contributed by atoms with Gasteiger partial charge in [-0.25, -0.2) is 14.1 Å². The molecule has 0 unspecified atom stereocenters. The molecule has 2 aliphatic carbocycles. The van der Waals surface area contributed by atoms with Crippen LogP contribution in [0.3, 0.4) is 0 Å². The molecule has 0 radical (unpaired) electrons. The van der Waals surface area contributed by atoms with Crippen LogP contribution < -0.4 is 20.7 Å². The molecule has 50 heavy (non-hydrogen) atoms. The Morgan fingerprint density at radius 3 is 2.34 bits per heavy atom. The predicted molar refractivity (Wildman–Crippen MR) is 165 cm³/mol. The van der Waals surface area contributed by atoms with Gasteiger partial charge in [0.25, 0.3) is 5.91 Å². The Bertz CT molecular complexity index is 1900. The average Bonchev–Trinajstić information content (AvgIpc) is 3.98. The third-order valence-electron chi connectivity index (χ3n) is 9.67. The highest BCUT2D eigenvalue weighted by Crippen LogP contribution is 2.47. The molecule has 1 saturated heterocycles. The van der Waals surface area contributed by atoms with Crippen LogP contribution in [0.1, 0.15) is 72.7 Å². The molecule has 10 nitrogen and oxygen atoms in total. The number of nitrogens with two attached hydrogens (primary N) is 1. The van der Waals surface area contributed by atoms with Crippen molar-refractivity contribution in [1.29, 1.82) is 0 Å². The van der Waals surface area contributed by atoms with Gasteiger partial charge in [0.2, 0.25) is 11.8 Å². The molecule has 3 aromatic rings. The standard InChI is InChI=1S/C33H32F7N7O3/c1-50-29-25(27(33(38,39)40)45-47(29)15-24(41)48)18-13-21(34)20(12-16-2-3-16)22(14-18)46-10-8-31(9-11-46)30(49)43-28(44-31)19-6-7-23(32(35,36)37)42-26(19)17-4-5-17/h6-7,13-14,16-17H,2-5,8-12,15H2,1H3,(H2,41,48)(H,43,44,49). The number of hydrogen-bond donors (Lipinski definition) is 2. The van der Waals surface area contributed by atoms with Crippen LogP contribution in [0.5, 0.6) is 5.88 Å². The summed E-state index contributed by atoms with van der Waals surface area (Å²) in [6.45, 7) is -0.351. The van der Waals surface area contributed by atoms with E-state index in [0.29, 0.717) is 40.8 Å². The summed E-state index contributed by atoms with van der Waals surface area (Å²) >= 11 is 0. The van der Waals surface area contributed by atoms with Crippen molar-refractivity contribution in [2.75, 3.05) is 25.1 Å². The Labute approximate surface area is 280 Å². The van der Waals surface area contributed by atoms with Crippen LogP contribution >= 0.6 is 0 Å². The summed E-state index contributed by atoms with van der Waals surface area (Å²) in [5, 5.41) is 6.31. The Morgan fingerprint density at radius 2 is 1.76 bits per heavy atom. The van der Waals surface area contributed by atoms with Crippen LogP contribution in [0.2, 0.25) is 0 Å². The van der Waals surface area contributed by atoms with Gasteiger partial charge < -0.3 is 20.7 Å². The number of amides is 2. The summed E-state index contributed by atoms with van der Waals surface area (Å²) in [5.41, 5.74) is 2.13. The molecule has 17 heteroatoms. The number of anilines is 1. The van der Waals surface area contributed by atoms with Gasteiger partial charge in [0.05, 0.1) is 18.4 Å². The van der Waals surface area contributed by atoms with Gasteiger partial charge in [-0.05, 0) is 80.7 Å². The number of hydrogen-bond acceptors (Lipinski definition) is 7. The molecule has 1 spiro atoms.